The Bertz CT molecular complexity index is 346. The highest BCUT2D eigenvalue weighted by Crippen LogP contribution is 2.08. The normalized spacial score (nSPS) is 20.8. The van der Waals surface area contributed by atoms with Gasteiger partial charge in [-0.1, -0.05) is 0 Å². The van der Waals surface area contributed by atoms with Gasteiger partial charge in [0.15, 0.2) is 6.04 Å². The monoisotopic (exact) mass is 241 g/mol. The molecule has 1 fully saturated rings. The zero-order valence-corrected chi connectivity index (χ0v) is 10.7. The fourth-order valence-corrected chi connectivity index (χ4v) is 1.70. The first-order valence-electron chi connectivity index (χ1n) is 5.59. The highest BCUT2D eigenvalue weighted by atomic mass is 16.2. The molecule has 1 rings (SSSR count). The lowest BCUT2D eigenvalue weighted by Crippen LogP contribution is -2.63. The van der Waals surface area contributed by atoms with Gasteiger partial charge in [-0.05, 0) is 20.8 Å². The number of carbonyl (C=O) groups is 3. The van der Waals surface area contributed by atoms with Gasteiger partial charge >= 0.3 is 0 Å². The van der Waals surface area contributed by atoms with Crippen LogP contribution in [0.1, 0.15) is 27.7 Å². The van der Waals surface area contributed by atoms with Gasteiger partial charge in [-0.2, -0.15) is 0 Å². The zero-order chi connectivity index (χ0) is 13.2. The second-order valence-corrected chi connectivity index (χ2v) is 5.15. The van der Waals surface area contributed by atoms with Crippen molar-refractivity contribution in [2.75, 3.05) is 13.1 Å². The predicted molar refractivity (Wildman–Crippen MR) is 62.1 cm³/mol. The summed E-state index contributed by atoms with van der Waals surface area (Å²) >= 11 is 0. The number of nitrogens with one attached hydrogen (secondary N) is 2. The van der Waals surface area contributed by atoms with Crippen LogP contribution in [0, 0.1) is 0 Å². The molecule has 2 N–H and O–H groups in total. The number of hydrogen-bond acceptors (Lipinski definition) is 3. The number of rotatable bonds is 1. The van der Waals surface area contributed by atoms with E-state index >= 15 is 0 Å². The van der Waals surface area contributed by atoms with Crippen LogP contribution in [-0.4, -0.2) is 47.3 Å². The maximum atomic E-state index is 12.0. The molecule has 6 heteroatoms. The third-order valence-corrected chi connectivity index (χ3v) is 2.36. The molecule has 0 spiro atoms. The minimum Gasteiger partial charge on any atom is -0.352 e. The van der Waals surface area contributed by atoms with Crippen molar-refractivity contribution in [2.24, 2.45) is 0 Å². The summed E-state index contributed by atoms with van der Waals surface area (Å²) in [5.74, 6) is -1.13. The summed E-state index contributed by atoms with van der Waals surface area (Å²) in [6.45, 7) is 7.58. The van der Waals surface area contributed by atoms with E-state index in [1.165, 1.54) is 11.8 Å². The van der Waals surface area contributed by atoms with Crippen molar-refractivity contribution in [2.45, 2.75) is 39.3 Å². The molecule has 1 atom stereocenters. The molecule has 96 valence electrons. The second kappa shape index (κ2) is 4.73. The highest BCUT2D eigenvalue weighted by Gasteiger charge is 2.38. The molecule has 0 saturated carbocycles. The van der Waals surface area contributed by atoms with Gasteiger partial charge < -0.3 is 15.5 Å². The van der Waals surface area contributed by atoms with Crippen molar-refractivity contribution in [1.82, 2.24) is 15.5 Å². The molecule has 6 nitrogen and oxygen atoms in total. The minimum absolute atomic E-state index is 0.270. The first-order valence-corrected chi connectivity index (χ1v) is 5.59. The average Bonchev–Trinajstić information content (AvgIpc) is 2.13. The number of piperazine rings is 1. The largest absolute Gasteiger partial charge is 0.352 e. The summed E-state index contributed by atoms with van der Waals surface area (Å²) in [7, 11) is 0. The molecular weight excluding hydrogens is 222 g/mol. The van der Waals surface area contributed by atoms with Gasteiger partial charge in [-0.25, -0.2) is 0 Å². The first-order chi connectivity index (χ1) is 7.72. The van der Waals surface area contributed by atoms with Crippen LogP contribution in [0.4, 0.5) is 0 Å². The summed E-state index contributed by atoms with van der Waals surface area (Å²) < 4.78 is 0. The summed E-state index contributed by atoms with van der Waals surface area (Å²) in [4.78, 5) is 36.3. The molecule has 0 aromatic heterocycles. The van der Waals surface area contributed by atoms with Gasteiger partial charge in [-0.15, -0.1) is 0 Å². The number of nitrogens with zero attached hydrogens (tertiary/aromatic N) is 1. The Morgan fingerprint density at radius 3 is 2.47 bits per heavy atom. The summed E-state index contributed by atoms with van der Waals surface area (Å²) in [6.07, 6.45) is 0. The van der Waals surface area contributed by atoms with Crippen LogP contribution >= 0.6 is 0 Å². The van der Waals surface area contributed by atoms with Crippen LogP contribution in [0.25, 0.3) is 0 Å². The van der Waals surface area contributed by atoms with Gasteiger partial charge in [-0.3, -0.25) is 14.4 Å². The quantitative estimate of drug-likeness (QED) is 0.593. The summed E-state index contributed by atoms with van der Waals surface area (Å²) in [5, 5.41) is 5.30. The molecule has 1 saturated heterocycles. The topological polar surface area (TPSA) is 78.5 Å². The fourth-order valence-electron chi connectivity index (χ4n) is 1.70. The highest BCUT2D eigenvalue weighted by molar-refractivity contribution is 6.07. The van der Waals surface area contributed by atoms with Crippen LogP contribution in [-0.2, 0) is 14.4 Å². The van der Waals surface area contributed by atoms with Crippen molar-refractivity contribution >= 4 is 17.7 Å². The lowest BCUT2D eigenvalue weighted by atomic mass is 10.1. The van der Waals surface area contributed by atoms with E-state index in [4.69, 9.17) is 0 Å². The van der Waals surface area contributed by atoms with Crippen LogP contribution in [0.3, 0.4) is 0 Å². The Morgan fingerprint density at radius 2 is 2.00 bits per heavy atom. The maximum absolute atomic E-state index is 12.0. The first kappa shape index (κ1) is 13.5. The van der Waals surface area contributed by atoms with Crippen molar-refractivity contribution in [3.8, 4) is 0 Å². The standard InChI is InChI=1S/C11H19N3O3/c1-7(15)14-6-5-12-9(16)8(14)10(17)13-11(2,3)4/h8H,5-6H2,1-4H3,(H,12,16)(H,13,17). The molecule has 0 bridgehead atoms. The van der Waals surface area contributed by atoms with E-state index in [0.29, 0.717) is 13.1 Å². The molecule has 17 heavy (non-hydrogen) atoms. The van der Waals surface area contributed by atoms with Gasteiger partial charge in [0, 0.05) is 25.6 Å². The lowest BCUT2D eigenvalue weighted by molar-refractivity contribution is -0.149. The maximum Gasteiger partial charge on any atom is 0.253 e. The van der Waals surface area contributed by atoms with Crippen LogP contribution in [0.2, 0.25) is 0 Å². The molecule has 1 unspecified atom stereocenters. The van der Waals surface area contributed by atoms with E-state index in [0.717, 1.165) is 0 Å². The molecular formula is C11H19N3O3. The van der Waals surface area contributed by atoms with E-state index in [-0.39, 0.29) is 5.91 Å². The Kier molecular flexibility index (Phi) is 3.75. The molecule has 3 amide bonds. The summed E-state index contributed by atoms with van der Waals surface area (Å²) in [5.41, 5.74) is -0.433. The Balaban J connectivity index is 2.85. The Labute approximate surface area is 101 Å². The van der Waals surface area contributed by atoms with E-state index < -0.39 is 23.4 Å². The smallest absolute Gasteiger partial charge is 0.253 e. The fraction of sp³-hybridized carbons (Fsp3) is 0.727. The van der Waals surface area contributed by atoms with Crippen molar-refractivity contribution in [3.05, 3.63) is 0 Å². The van der Waals surface area contributed by atoms with Crippen LogP contribution < -0.4 is 10.6 Å². The van der Waals surface area contributed by atoms with Crippen molar-refractivity contribution in [1.29, 1.82) is 0 Å². The molecule has 0 aliphatic carbocycles. The molecule has 0 aromatic carbocycles. The number of hydrogen-bond donors (Lipinski definition) is 2. The number of amides is 3. The van der Waals surface area contributed by atoms with Crippen molar-refractivity contribution in [3.63, 3.8) is 0 Å². The zero-order valence-electron chi connectivity index (χ0n) is 10.7. The van der Waals surface area contributed by atoms with Gasteiger partial charge in [0.2, 0.25) is 5.91 Å². The van der Waals surface area contributed by atoms with Crippen LogP contribution in [0.15, 0.2) is 0 Å². The number of carbonyl (C=O) groups excluding carboxylic acids is 3. The van der Waals surface area contributed by atoms with E-state index in [9.17, 15) is 14.4 Å². The molecule has 0 radical (unpaired) electrons. The summed E-state index contributed by atoms with van der Waals surface area (Å²) in [6, 6.07) is -1.06. The minimum atomic E-state index is -1.06. The van der Waals surface area contributed by atoms with Gasteiger partial charge in [0.25, 0.3) is 11.8 Å². The Morgan fingerprint density at radius 1 is 1.41 bits per heavy atom. The molecule has 1 heterocycles. The predicted octanol–water partition coefficient (Wildman–Crippen LogP) is -0.752. The average molecular weight is 241 g/mol. The molecule has 1 aliphatic heterocycles. The van der Waals surface area contributed by atoms with Crippen molar-refractivity contribution < 1.29 is 14.4 Å². The lowest BCUT2D eigenvalue weighted by Gasteiger charge is -2.35. The van der Waals surface area contributed by atoms with Gasteiger partial charge in [0.1, 0.15) is 0 Å². The molecule has 0 aromatic rings. The molecule has 1 aliphatic rings. The third-order valence-electron chi connectivity index (χ3n) is 2.36. The second-order valence-electron chi connectivity index (χ2n) is 5.15. The SMILES string of the molecule is CC(=O)N1CCNC(=O)C1C(=O)NC(C)(C)C. The third kappa shape index (κ3) is 3.44. The van der Waals surface area contributed by atoms with E-state index in [2.05, 4.69) is 10.6 Å². The van der Waals surface area contributed by atoms with Crippen LogP contribution in [0.5, 0.6) is 0 Å². The van der Waals surface area contributed by atoms with Gasteiger partial charge in [0.05, 0.1) is 0 Å². The van der Waals surface area contributed by atoms with E-state index in [1.54, 1.807) is 0 Å². The van der Waals surface area contributed by atoms with E-state index in [1.807, 2.05) is 20.8 Å². The Hall–Kier alpha value is -1.59.